The Hall–Kier alpha value is -3.10. The quantitative estimate of drug-likeness (QED) is 0.278. The van der Waals surface area contributed by atoms with Gasteiger partial charge in [0.15, 0.2) is 11.0 Å². The summed E-state index contributed by atoms with van der Waals surface area (Å²) >= 11 is 4.69. The Balaban J connectivity index is 1.62. The van der Waals surface area contributed by atoms with Gasteiger partial charge in [0.25, 0.3) is 0 Å². The number of nitrogens with zero attached hydrogens (tertiary/aromatic N) is 2. The number of ether oxygens (including phenoxy) is 2. The van der Waals surface area contributed by atoms with Gasteiger partial charge in [-0.25, -0.2) is 4.99 Å². The van der Waals surface area contributed by atoms with Crippen LogP contribution in [-0.2, 0) is 4.79 Å². The highest BCUT2D eigenvalue weighted by Crippen LogP contribution is 2.36. The first kappa shape index (κ1) is 25.0. The molecule has 0 saturated carbocycles. The van der Waals surface area contributed by atoms with Crippen molar-refractivity contribution in [2.75, 3.05) is 18.1 Å². The lowest BCUT2D eigenvalue weighted by Gasteiger charge is -2.17. The van der Waals surface area contributed by atoms with Crippen LogP contribution in [0.3, 0.4) is 0 Å². The van der Waals surface area contributed by atoms with E-state index >= 15 is 0 Å². The molecule has 0 aliphatic carbocycles. The first-order valence-electron chi connectivity index (χ1n) is 11.3. The van der Waals surface area contributed by atoms with E-state index in [-0.39, 0.29) is 18.1 Å². The SMILES string of the molecule is CCOc1ccc(N=C2SC(CC(=O)c3ccc(Br)cc3)C(=O)N2c2ccc(OCC)cc2)cc1. The molecule has 1 saturated heterocycles. The van der Waals surface area contributed by atoms with Gasteiger partial charge in [-0.1, -0.05) is 39.8 Å². The summed E-state index contributed by atoms with van der Waals surface area (Å²) in [5.41, 5.74) is 1.94. The van der Waals surface area contributed by atoms with E-state index in [2.05, 4.69) is 15.9 Å². The lowest BCUT2D eigenvalue weighted by molar-refractivity contribution is -0.116. The molecule has 0 aromatic heterocycles. The minimum atomic E-state index is -0.570. The molecular formula is C27H25BrN2O4S. The molecule has 8 heteroatoms. The number of ketones is 1. The number of hydrogen-bond donors (Lipinski definition) is 0. The van der Waals surface area contributed by atoms with Gasteiger partial charge in [0.2, 0.25) is 5.91 Å². The Kier molecular flexibility index (Phi) is 8.25. The number of rotatable bonds is 9. The van der Waals surface area contributed by atoms with Crippen molar-refractivity contribution in [2.24, 2.45) is 4.99 Å². The molecule has 0 spiro atoms. The van der Waals surface area contributed by atoms with Crippen LogP contribution in [0.5, 0.6) is 11.5 Å². The molecule has 1 unspecified atom stereocenters. The maximum atomic E-state index is 13.5. The molecule has 1 atom stereocenters. The van der Waals surface area contributed by atoms with Gasteiger partial charge in [0, 0.05) is 16.5 Å². The van der Waals surface area contributed by atoms with Crippen molar-refractivity contribution in [3.8, 4) is 11.5 Å². The standard InChI is InChI=1S/C27H25BrN2O4S/c1-3-33-22-13-9-20(10-14-22)29-27-30(21-11-15-23(16-12-21)34-4-2)26(32)25(35-27)17-24(31)18-5-7-19(28)8-6-18/h5-16,25H,3-4,17H2,1-2H3. The van der Waals surface area contributed by atoms with E-state index in [0.717, 1.165) is 16.0 Å². The van der Waals surface area contributed by atoms with Gasteiger partial charge in [-0.15, -0.1) is 0 Å². The van der Waals surface area contributed by atoms with E-state index in [1.807, 2.05) is 74.5 Å². The van der Waals surface area contributed by atoms with Gasteiger partial charge >= 0.3 is 0 Å². The molecule has 1 aliphatic rings. The molecule has 4 rings (SSSR count). The predicted molar refractivity (Wildman–Crippen MR) is 144 cm³/mol. The highest BCUT2D eigenvalue weighted by Gasteiger charge is 2.40. The fourth-order valence-corrected chi connectivity index (χ4v) is 5.00. The average Bonchev–Trinajstić information content (AvgIpc) is 3.16. The van der Waals surface area contributed by atoms with E-state index in [1.54, 1.807) is 17.0 Å². The molecule has 1 fully saturated rings. The molecule has 35 heavy (non-hydrogen) atoms. The van der Waals surface area contributed by atoms with Gasteiger partial charge in [0.05, 0.1) is 29.8 Å². The number of hydrogen-bond acceptors (Lipinski definition) is 6. The summed E-state index contributed by atoms with van der Waals surface area (Å²) in [6, 6.07) is 21.9. The van der Waals surface area contributed by atoms with E-state index in [4.69, 9.17) is 14.5 Å². The molecule has 3 aromatic rings. The molecular weight excluding hydrogens is 528 g/mol. The highest BCUT2D eigenvalue weighted by atomic mass is 79.9. The maximum absolute atomic E-state index is 13.5. The van der Waals surface area contributed by atoms with Crippen molar-refractivity contribution in [3.05, 3.63) is 82.8 Å². The average molecular weight is 553 g/mol. The van der Waals surface area contributed by atoms with E-state index in [0.29, 0.717) is 35.3 Å². The number of amides is 1. The van der Waals surface area contributed by atoms with Crippen molar-refractivity contribution in [1.29, 1.82) is 0 Å². The second kappa shape index (κ2) is 11.6. The third-order valence-corrected chi connectivity index (χ3v) is 6.92. The zero-order valence-electron chi connectivity index (χ0n) is 19.4. The zero-order chi connectivity index (χ0) is 24.8. The van der Waals surface area contributed by atoms with Crippen molar-refractivity contribution < 1.29 is 19.1 Å². The summed E-state index contributed by atoms with van der Waals surface area (Å²) in [6.45, 7) is 4.99. The summed E-state index contributed by atoms with van der Waals surface area (Å²) in [4.78, 5) is 32.7. The summed E-state index contributed by atoms with van der Waals surface area (Å²) in [5, 5.41) is -0.0453. The molecule has 180 valence electrons. The molecule has 0 radical (unpaired) electrons. The van der Waals surface area contributed by atoms with Gasteiger partial charge < -0.3 is 9.47 Å². The Morgan fingerprint density at radius 1 is 0.914 bits per heavy atom. The van der Waals surface area contributed by atoms with E-state index in [9.17, 15) is 9.59 Å². The molecule has 1 aliphatic heterocycles. The summed E-state index contributed by atoms with van der Waals surface area (Å²) in [7, 11) is 0. The minimum Gasteiger partial charge on any atom is -0.494 e. The summed E-state index contributed by atoms with van der Waals surface area (Å²) in [6.07, 6.45) is 0.0843. The Bertz CT molecular complexity index is 1210. The van der Waals surface area contributed by atoms with Crippen molar-refractivity contribution in [3.63, 3.8) is 0 Å². The van der Waals surface area contributed by atoms with Crippen molar-refractivity contribution >= 4 is 55.9 Å². The third kappa shape index (κ3) is 6.13. The summed E-state index contributed by atoms with van der Waals surface area (Å²) < 4.78 is 11.9. The Labute approximate surface area is 217 Å². The first-order chi connectivity index (χ1) is 17.0. The van der Waals surface area contributed by atoms with Crippen LogP contribution < -0.4 is 14.4 Å². The van der Waals surface area contributed by atoms with Crippen LogP contribution in [0.25, 0.3) is 0 Å². The highest BCUT2D eigenvalue weighted by molar-refractivity contribution is 9.10. The van der Waals surface area contributed by atoms with Crippen LogP contribution in [0.4, 0.5) is 11.4 Å². The Morgan fingerprint density at radius 3 is 2.06 bits per heavy atom. The van der Waals surface area contributed by atoms with Gasteiger partial charge in [-0.2, -0.15) is 0 Å². The number of amidine groups is 1. The fourth-order valence-electron chi connectivity index (χ4n) is 3.59. The smallest absolute Gasteiger partial charge is 0.247 e. The Morgan fingerprint density at radius 2 is 1.49 bits per heavy atom. The zero-order valence-corrected chi connectivity index (χ0v) is 21.8. The third-order valence-electron chi connectivity index (χ3n) is 5.25. The van der Waals surface area contributed by atoms with Gasteiger partial charge in [0.1, 0.15) is 11.5 Å². The molecule has 0 N–H and O–H groups in total. The number of anilines is 1. The van der Waals surface area contributed by atoms with E-state index < -0.39 is 5.25 Å². The van der Waals surface area contributed by atoms with Gasteiger partial charge in [-0.05, 0) is 74.5 Å². The number of halogens is 1. The molecule has 0 bridgehead atoms. The maximum Gasteiger partial charge on any atom is 0.247 e. The van der Waals surface area contributed by atoms with Crippen LogP contribution in [0.15, 0.2) is 82.3 Å². The van der Waals surface area contributed by atoms with Gasteiger partial charge in [-0.3, -0.25) is 14.5 Å². The van der Waals surface area contributed by atoms with Crippen molar-refractivity contribution in [1.82, 2.24) is 0 Å². The molecule has 1 amide bonds. The largest absolute Gasteiger partial charge is 0.494 e. The van der Waals surface area contributed by atoms with Crippen molar-refractivity contribution in [2.45, 2.75) is 25.5 Å². The van der Waals surface area contributed by atoms with Crippen LogP contribution in [0, 0.1) is 0 Å². The van der Waals surface area contributed by atoms with Crippen LogP contribution in [0.2, 0.25) is 0 Å². The fraction of sp³-hybridized carbons (Fsp3) is 0.222. The minimum absolute atomic E-state index is 0.0843. The number of carbonyl (C=O) groups is 2. The lowest BCUT2D eigenvalue weighted by atomic mass is 10.1. The molecule has 6 nitrogen and oxygen atoms in total. The number of Topliss-reactive ketones (excluding diaryl/α,β-unsaturated/α-hetero) is 1. The normalized spacial score (nSPS) is 16.5. The lowest BCUT2D eigenvalue weighted by Crippen LogP contribution is -2.32. The number of carbonyl (C=O) groups excluding carboxylic acids is 2. The van der Waals surface area contributed by atoms with Crippen LogP contribution >= 0.6 is 27.7 Å². The molecule has 3 aromatic carbocycles. The van der Waals surface area contributed by atoms with Crippen LogP contribution in [-0.4, -0.2) is 35.3 Å². The number of benzene rings is 3. The monoisotopic (exact) mass is 552 g/mol. The number of thioether (sulfide) groups is 1. The second-order valence-electron chi connectivity index (χ2n) is 7.66. The second-order valence-corrected chi connectivity index (χ2v) is 9.75. The topological polar surface area (TPSA) is 68.2 Å². The summed E-state index contributed by atoms with van der Waals surface area (Å²) in [5.74, 6) is 1.22. The first-order valence-corrected chi connectivity index (χ1v) is 13.0. The number of aliphatic imine (C=N–C) groups is 1. The van der Waals surface area contributed by atoms with Crippen LogP contribution in [0.1, 0.15) is 30.6 Å². The van der Waals surface area contributed by atoms with E-state index in [1.165, 1.54) is 11.8 Å². The molecule has 1 heterocycles. The predicted octanol–water partition coefficient (Wildman–Crippen LogP) is 6.66.